The molecule has 0 atom stereocenters. The average Bonchev–Trinajstić information content (AvgIpc) is 2.66. The minimum absolute atomic E-state index is 0.137. The van der Waals surface area contributed by atoms with E-state index < -0.39 is 10.0 Å². The summed E-state index contributed by atoms with van der Waals surface area (Å²) in [6.07, 6.45) is 5.22. The lowest BCUT2D eigenvalue weighted by molar-refractivity contribution is -0.111. The second-order valence-electron chi connectivity index (χ2n) is 6.68. The molecule has 5 nitrogen and oxygen atoms in total. The number of benzene rings is 2. The molecule has 0 radical (unpaired) electrons. The topological polar surface area (TPSA) is 66.5 Å². The van der Waals surface area contributed by atoms with Crippen LogP contribution < -0.4 is 9.62 Å². The van der Waals surface area contributed by atoms with Crippen molar-refractivity contribution in [3.05, 3.63) is 64.7 Å². The van der Waals surface area contributed by atoms with E-state index >= 15 is 0 Å². The Kier molecular flexibility index (Phi) is 6.42. The highest BCUT2D eigenvalue weighted by molar-refractivity contribution is 7.92. The Bertz CT molecular complexity index is 1000. The van der Waals surface area contributed by atoms with Crippen LogP contribution in [-0.2, 0) is 21.2 Å². The molecule has 7 heteroatoms. The SMILES string of the molecule is CCCS(=O)(=O)N1CCCc2cc(NC(=O)/C=C/c3ccccc3Cl)ccc21. The van der Waals surface area contributed by atoms with Crippen molar-refractivity contribution in [1.29, 1.82) is 0 Å². The molecular formula is C21H23ClN2O3S. The number of hydrogen-bond donors (Lipinski definition) is 1. The third-order valence-electron chi connectivity index (χ3n) is 4.54. The number of rotatable bonds is 6. The minimum Gasteiger partial charge on any atom is -0.323 e. The summed E-state index contributed by atoms with van der Waals surface area (Å²) >= 11 is 6.08. The molecule has 0 fully saturated rings. The van der Waals surface area contributed by atoms with E-state index in [0.29, 0.717) is 29.4 Å². The number of fused-ring (bicyclic) bond motifs is 1. The van der Waals surface area contributed by atoms with E-state index in [2.05, 4.69) is 5.32 Å². The Balaban J connectivity index is 1.75. The molecular weight excluding hydrogens is 396 g/mol. The molecule has 1 aliphatic heterocycles. The summed E-state index contributed by atoms with van der Waals surface area (Å²) in [5.74, 6) is -0.135. The van der Waals surface area contributed by atoms with E-state index in [4.69, 9.17) is 11.6 Å². The van der Waals surface area contributed by atoms with Crippen molar-refractivity contribution in [2.45, 2.75) is 26.2 Å². The van der Waals surface area contributed by atoms with Crippen LogP contribution in [0.25, 0.3) is 6.08 Å². The number of anilines is 2. The quantitative estimate of drug-likeness (QED) is 0.703. The van der Waals surface area contributed by atoms with Gasteiger partial charge < -0.3 is 5.32 Å². The van der Waals surface area contributed by atoms with Crippen LogP contribution in [0.3, 0.4) is 0 Å². The number of hydrogen-bond acceptors (Lipinski definition) is 3. The standard InChI is InChI=1S/C21H23ClN2O3S/c1-2-14-28(26,27)24-13-5-7-17-15-18(10-11-20(17)24)23-21(25)12-9-16-6-3-4-8-19(16)22/h3-4,6,8-12,15H,2,5,7,13-14H2,1H3,(H,23,25)/b12-9+. The Labute approximate surface area is 171 Å². The number of amides is 1. The molecule has 0 spiro atoms. The van der Waals surface area contributed by atoms with Crippen molar-refractivity contribution in [1.82, 2.24) is 0 Å². The number of nitrogens with zero attached hydrogens (tertiary/aromatic N) is 1. The van der Waals surface area contributed by atoms with Gasteiger partial charge in [0.25, 0.3) is 0 Å². The molecule has 2 aromatic rings. The predicted octanol–water partition coefficient (Wildman–Crippen LogP) is 4.48. The van der Waals surface area contributed by atoms with E-state index in [1.807, 2.05) is 31.2 Å². The minimum atomic E-state index is -3.30. The van der Waals surface area contributed by atoms with Crippen LogP contribution in [0.2, 0.25) is 5.02 Å². The largest absolute Gasteiger partial charge is 0.323 e. The summed E-state index contributed by atoms with van der Waals surface area (Å²) in [6.45, 7) is 2.36. The third-order valence-corrected chi connectivity index (χ3v) is 6.86. The summed E-state index contributed by atoms with van der Waals surface area (Å²) in [5, 5.41) is 3.40. The van der Waals surface area contributed by atoms with Crippen LogP contribution in [0.1, 0.15) is 30.9 Å². The number of halogens is 1. The van der Waals surface area contributed by atoms with Crippen LogP contribution in [-0.4, -0.2) is 26.6 Å². The Hall–Kier alpha value is -2.31. The second-order valence-corrected chi connectivity index (χ2v) is 9.10. The number of carbonyl (C=O) groups is 1. The first-order chi connectivity index (χ1) is 13.4. The molecule has 1 heterocycles. The van der Waals surface area contributed by atoms with Gasteiger partial charge in [-0.15, -0.1) is 0 Å². The fourth-order valence-electron chi connectivity index (χ4n) is 3.26. The Morgan fingerprint density at radius 1 is 1.25 bits per heavy atom. The first kappa shape index (κ1) is 20.4. The van der Waals surface area contributed by atoms with Gasteiger partial charge in [0.1, 0.15) is 0 Å². The Morgan fingerprint density at radius 3 is 2.79 bits per heavy atom. The number of nitrogens with one attached hydrogen (secondary N) is 1. The molecule has 0 saturated heterocycles. The predicted molar refractivity (Wildman–Crippen MR) is 115 cm³/mol. The smallest absolute Gasteiger partial charge is 0.248 e. The van der Waals surface area contributed by atoms with Gasteiger partial charge in [-0.25, -0.2) is 8.42 Å². The maximum Gasteiger partial charge on any atom is 0.248 e. The summed E-state index contributed by atoms with van der Waals surface area (Å²) in [5.41, 5.74) is 3.05. The highest BCUT2D eigenvalue weighted by Crippen LogP contribution is 2.32. The lowest BCUT2D eigenvalue weighted by Gasteiger charge is -2.30. The molecule has 1 amide bonds. The van der Waals surface area contributed by atoms with Crippen LogP contribution in [0, 0.1) is 0 Å². The molecule has 28 heavy (non-hydrogen) atoms. The van der Waals surface area contributed by atoms with Gasteiger partial charge in [0.15, 0.2) is 0 Å². The molecule has 2 aromatic carbocycles. The monoisotopic (exact) mass is 418 g/mol. The average molecular weight is 419 g/mol. The number of sulfonamides is 1. The van der Waals surface area contributed by atoms with Crippen molar-refractivity contribution >= 4 is 45.0 Å². The first-order valence-corrected chi connectivity index (χ1v) is 11.3. The van der Waals surface area contributed by atoms with Crippen molar-refractivity contribution in [2.24, 2.45) is 0 Å². The van der Waals surface area contributed by atoms with Crippen molar-refractivity contribution < 1.29 is 13.2 Å². The summed E-state index contributed by atoms with van der Waals surface area (Å²) in [6, 6.07) is 12.6. The zero-order chi connectivity index (χ0) is 20.1. The highest BCUT2D eigenvalue weighted by Gasteiger charge is 2.26. The van der Waals surface area contributed by atoms with Crippen LogP contribution in [0.5, 0.6) is 0 Å². The van der Waals surface area contributed by atoms with Gasteiger partial charge in [0.05, 0.1) is 11.4 Å². The third kappa shape index (κ3) is 4.75. The zero-order valence-corrected chi connectivity index (χ0v) is 17.3. The van der Waals surface area contributed by atoms with Crippen molar-refractivity contribution in [2.75, 3.05) is 21.9 Å². The molecule has 148 valence electrons. The van der Waals surface area contributed by atoms with Gasteiger partial charge in [-0.1, -0.05) is 36.7 Å². The maximum atomic E-state index is 12.5. The molecule has 0 aliphatic carbocycles. The molecule has 1 aliphatic rings. The van der Waals surface area contributed by atoms with Gasteiger partial charge in [-0.05, 0) is 60.7 Å². The molecule has 0 aromatic heterocycles. The van der Waals surface area contributed by atoms with Gasteiger partial charge in [0.2, 0.25) is 15.9 Å². The molecule has 3 rings (SSSR count). The van der Waals surface area contributed by atoms with Gasteiger partial charge >= 0.3 is 0 Å². The van der Waals surface area contributed by atoms with Crippen LogP contribution >= 0.6 is 11.6 Å². The molecule has 0 saturated carbocycles. The fraction of sp³-hybridized carbons (Fsp3) is 0.286. The fourth-order valence-corrected chi connectivity index (χ4v) is 5.08. The zero-order valence-electron chi connectivity index (χ0n) is 15.7. The molecule has 0 bridgehead atoms. The number of aryl methyl sites for hydroxylation is 1. The van der Waals surface area contributed by atoms with Crippen molar-refractivity contribution in [3.63, 3.8) is 0 Å². The molecule has 0 unspecified atom stereocenters. The van der Waals surface area contributed by atoms with Crippen molar-refractivity contribution in [3.8, 4) is 0 Å². The second kappa shape index (κ2) is 8.80. The lowest BCUT2D eigenvalue weighted by atomic mass is 10.0. The van der Waals surface area contributed by atoms with Crippen LogP contribution in [0.15, 0.2) is 48.5 Å². The van der Waals surface area contributed by atoms with Gasteiger partial charge in [-0.2, -0.15) is 0 Å². The summed E-state index contributed by atoms with van der Waals surface area (Å²) in [7, 11) is -3.30. The lowest BCUT2D eigenvalue weighted by Crippen LogP contribution is -2.37. The molecule has 1 N–H and O–H groups in total. The van der Waals surface area contributed by atoms with Gasteiger partial charge in [0, 0.05) is 23.3 Å². The van der Waals surface area contributed by atoms with Crippen LogP contribution in [0.4, 0.5) is 11.4 Å². The van der Waals surface area contributed by atoms with E-state index in [9.17, 15) is 13.2 Å². The van der Waals surface area contributed by atoms with E-state index in [-0.39, 0.29) is 11.7 Å². The first-order valence-electron chi connectivity index (χ1n) is 9.27. The maximum absolute atomic E-state index is 12.5. The summed E-state index contributed by atoms with van der Waals surface area (Å²) in [4.78, 5) is 12.2. The Morgan fingerprint density at radius 2 is 2.04 bits per heavy atom. The normalized spacial score (nSPS) is 14.1. The van der Waals surface area contributed by atoms with E-state index in [1.165, 1.54) is 10.4 Å². The van der Waals surface area contributed by atoms with Gasteiger partial charge in [-0.3, -0.25) is 9.10 Å². The number of carbonyl (C=O) groups excluding carboxylic acids is 1. The van der Waals surface area contributed by atoms with E-state index in [1.54, 1.807) is 24.3 Å². The highest BCUT2D eigenvalue weighted by atomic mass is 35.5. The summed E-state index contributed by atoms with van der Waals surface area (Å²) < 4.78 is 26.5. The van der Waals surface area contributed by atoms with E-state index in [0.717, 1.165) is 24.0 Å².